The maximum atomic E-state index is 13.0. The Balaban J connectivity index is 1.98. The summed E-state index contributed by atoms with van der Waals surface area (Å²) in [6.45, 7) is 0. The molecule has 0 radical (unpaired) electrons. The fourth-order valence-electron chi connectivity index (χ4n) is 2.11. The van der Waals surface area contributed by atoms with Crippen molar-refractivity contribution < 1.29 is 22.7 Å². The largest absolute Gasteiger partial charge is 0.416 e. The molecule has 0 fully saturated rings. The van der Waals surface area contributed by atoms with E-state index in [1.165, 1.54) is 24.3 Å². The maximum absolute atomic E-state index is 13.0. The van der Waals surface area contributed by atoms with E-state index in [1.807, 2.05) is 0 Å². The maximum Gasteiger partial charge on any atom is 0.416 e. The van der Waals surface area contributed by atoms with Gasteiger partial charge in [-0.05, 0) is 48.2 Å². The molecule has 0 saturated carbocycles. The fourth-order valence-corrected chi connectivity index (χ4v) is 2.11. The topological polar surface area (TPSA) is 20.2 Å². The summed E-state index contributed by atoms with van der Waals surface area (Å²) in [5.74, 6) is -0.380. The van der Waals surface area contributed by atoms with Crippen LogP contribution in [-0.2, 0) is 19.0 Å². The van der Waals surface area contributed by atoms with Crippen LogP contribution in [0.2, 0.25) is 0 Å². The molecule has 1 N–H and O–H groups in total. The van der Waals surface area contributed by atoms with Gasteiger partial charge in [0.25, 0.3) is 0 Å². The van der Waals surface area contributed by atoms with Crippen LogP contribution in [0.3, 0.4) is 0 Å². The van der Waals surface area contributed by atoms with Gasteiger partial charge in [-0.2, -0.15) is 13.2 Å². The monoisotopic (exact) mass is 298 g/mol. The average molecular weight is 298 g/mol. The molecular formula is C16H14F4O. The van der Waals surface area contributed by atoms with E-state index in [0.717, 1.165) is 12.1 Å². The number of alkyl halides is 3. The first-order valence-electron chi connectivity index (χ1n) is 6.43. The third-order valence-corrected chi connectivity index (χ3v) is 3.11. The van der Waals surface area contributed by atoms with Crippen LogP contribution < -0.4 is 0 Å². The van der Waals surface area contributed by atoms with Crippen LogP contribution in [0.1, 0.15) is 16.7 Å². The van der Waals surface area contributed by atoms with Gasteiger partial charge in [0.15, 0.2) is 0 Å². The van der Waals surface area contributed by atoms with Gasteiger partial charge in [0, 0.05) is 0 Å². The van der Waals surface area contributed by atoms with Gasteiger partial charge in [0.2, 0.25) is 0 Å². The molecule has 0 spiro atoms. The van der Waals surface area contributed by atoms with E-state index in [0.29, 0.717) is 11.1 Å². The Labute approximate surface area is 119 Å². The third-order valence-electron chi connectivity index (χ3n) is 3.11. The highest BCUT2D eigenvalue weighted by Crippen LogP contribution is 2.29. The molecule has 2 aromatic carbocycles. The van der Waals surface area contributed by atoms with Crippen molar-refractivity contribution in [2.24, 2.45) is 0 Å². The highest BCUT2D eigenvalue weighted by Gasteiger charge is 2.29. The Morgan fingerprint density at radius 2 is 1.52 bits per heavy atom. The third kappa shape index (κ3) is 4.56. The highest BCUT2D eigenvalue weighted by atomic mass is 19.4. The van der Waals surface area contributed by atoms with Crippen molar-refractivity contribution in [3.05, 3.63) is 71.0 Å². The normalized spacial score (nSPS) is 13.2. The zero-order valence-corrected chi connectivity index (χ0v) is 11.1. The molecule has 0 aromatic heterocycles. The van der Waals surface area contributed by atoms with Gasteiger partial charge in [0.05, 0.1) is 11.7 Å². The van der Waals surface area contributed by atoms with E-state index >= 15 is 0 Å². The van der Waals surface area contributed by atoms with Crippen molar-refractivity contribution in [3.63, 3.8) is 0 Å². The van der Waals surface area contributed by atoms with Crippen LogP contribution in [0.4, 0.5) is 17.6 Å². The van der Waals surface area contributed by atoms with Crippen molar-refractivity contribution >= 4 is 0 Å². The molecule has 0 bridgehead atoms. The Kier molecular flexibility index (Phi) is 4.63. The minimum absolute atomic E-state index is 0.217. The van der Waals surface area contributed by atoms with Crippen LogP contribution in [0.15, 0.2) is 48.5 Å². The summed E-state index contributed by atoms with van der Waals surface area (Å²) in [4.78, 5) is 0. The number of hydrogen-bond donors (Lipinski definition) is 1. The molecule has 21 heavy (non-hydrogen) atoms. The van der Waals surface area contributed by atoms with Gasteiger partial charge in [-0.3, -0.25) is 0 Å². The van der Waals surface area contributed by atoms with E-state index in [-0.39, 0.29) is 18.7 Å². The van der Waals surface area contributed by atoms with Crippen LogP contribution in [0.25, 0.3) is 0 Å². The second kappa shape index (κ2) is 6.26. The summed E-state index contributed by atoms with van der Waals surface area (Å²) in [5.41, 5.74) is 0.534. The van der Waals surface area contributed by atoms with Gasteiger partial charge in [-0.15, -0.1) is 0 Å². The molecule has 0 aliphatic carbocycles. The molecule has 1 nitrogen and oxygen atoms in total. The Hall–Kier alpha value is -1.88. The number of rotatable bonds is 4. The highest BCUT2D eigenvalue weighted by molar-refractivity contribution is 5.25. The lowest BCUT2D eigenvalue weighted by Gasteiger charge is -2.12. The van der Waals surface area contributed by atoms with E-state index in [1.54, 1.807) is 12.1 Å². The molecular weight excluding hydrogens is 284 g/mol. The number of benzene rings is 2. The standard InChI is InChI=1S/C16H14F4O/c17-14-3-1-2-12(8-14)10-15(21)9-11-4-6-13(7-5-11)16(18,19)20/h1-8,15,21H,9-10H2. The van der Waals surface area contributed by atoms with Crippen LogP contribution in [-0.4, -0.2) is 11.2 Å². The van der Waals surface area contributed by atoms with Crippen molar-refractivity contribution in [2.75, 3.05) is 0 Å². The van der Waals surface area contributed by atoms with Gasteiger partial charge in [-0.1, -0.05) is 24.3 Å². The zero-order chi connectivity index (χ0) is 15.5. The Morgan fingerprint density at radius 1 is 0.905 bits per heavy atom. The van der Waals surface area contributed by atoms with Crippen molar-refractivity contribution in [1.82, 2.24) is 0 Å². The summed E-state index contributed by atoms with van der Waals surface area (Å²) < 4.78 is 50.3. The quantitative estimate of drug-likeness (QED) is 0.846. The molecule has 2 rings (SSSR count). The zero-order valence-electron chi connectivity index (χ0n) is 11.1. The predicted molar refractivity (Wildman–Crippen MR) is 71.3 cm³/mol. The summed E-state index contributed by atoms with van der Waals surface area (Å²) in [7, 11) is 0. The molecule has 2 aromatic rings. The molecule has 0 aliphatic rings. The number of halogens is 4. The molecule has 0 amide bonds. The van der Waals surface area contributed by atoms with Crippen molar-refractivity contribution in [2.45, 2.75) is 25.1 Å². The van der Waals surface area contributed by atoms with Gasteiger partial charge in [-0.25, -0.2) is 4.39 Å². The lowest BCUT2D eigenvalue weighted by Crippen LogP contribution is -2.14. The van der Waals surface area contributed by atoms with E-state index < -0.39 is 17.8 Å². The van der Waals surface area contributed by atoms with Gasteiger partial charge in [0.1, 0.15) is 5.82 Å². The molecule has 0 saturated heterocycles. The fraction of sp³-hybridized carbons (Fsp3) is 0.250. The van der Waals surface area contributed by atoms with E-state index in [4.69, 9.17) is 0 Å². The second-order valence-electron chi connectivity index (χ2n) is 4.89. The minimum atomic E-state index is -4.36. The van der Waals surface area contributed by atoms with Crippen LogP contribution in [0.5, 0.6) is 0 Å². The van der Waals surface area contributed by atoms with Crippen molar-refractivity contribution in [3.8, 4) is 0 Å². The lowest BCUT2D eigenvalue weighted by molar-refractivity contribution is -0.137. The summed E-state index contributed by atoms with van der Waals surface area (Å²) >= 11 is 0. The summed E-state index contributed by atoms with van der Waals surface area (Å²) in [6.07, 6.45) is -4.67. The predicted octanol–water partition coefficient (Wildman–Crippen LogP) is 3.99. The molecule has 1 unspecified atom stereocenters. The van der Waals surface area contributed by atoms with Gasteiger partial charge < -0.3 is 5.11 Å². The van der Waals surface area contributed by atoms with Crippen LogP contribution in [0, 0.1) is 5.82 Å². The van der Waals surface area contributed by atoms with Crippen LogP contribution >= 0.6 is 0 Å². The Bertz CT molecular complexity index is 590. The second-order valence-corrected chi connectivity index (χ2v) is 4.89. The smallest absolute Gasteiger partial charge is 0.392 e. The Morgan fingerprint density at radius 3 is 2.10 bits per heavy atom. The first kappa shape index (κ1) is 15.5. The first-order chi connectivity index (χ1) is 9.84. The molecule has 5 heteroatoms. The summed E-state index contributed by atoms with van der Waals surface area (Å²) in [5, 5.41) is 9.93. The van der Waals surface area contributed by atoms with Gasteiger partial charge >= 0.3 is 6.18 Å². The van der Waals surface area contributed by atoms with E-state index in [2.05, 4.69) is 0 Å². The molecule has 112 valence electrons. The van der Waals surface area contributed by atoms with Crippen molar-refractivity contribution in [1.29, 1.82) is 0 Å². The number of hydrogen-bond acceptors (Lipinski definition) is 1. The number of aliphatic hydroxyl groups excluding tert-OH is 1. The number of aliphatic hydroxyl groups is 1. The lowest BCUT2D eigenvalue weighted by atomic mass is 10.0. The minimum Gasteiger partial charge on any atom is -0.392 e. The van der Waals surface area contributed by atoms with E-state index in [9.17, 15) is 22.7 Å². The average Bonchev–Trinajstić information content (AvgIpc) is 2.38. The molecule has 0 heterocycles. The summed E-state index contributed by atoms with van der Waals surface area (Å²) in [6, 6.07) is 10.6. The molecule has 1 atom stereocenters. The first-order valence-corrected chi connectivity index (χ1v) is 6.43. The molecule has 0 aliphatic heterocycles. The SMILES string of the molecule is OC(Cc1ccc(C(F)(F)F)cc1)Cc1cccc(F)c1.